The predicted molar refractivity (Wildman–Crippen MR) is 57.7 cm³/mol. The Balaban J connectivity index is 3.12. The van der Waals surface area contributed by atoms with Crippen LogP contribution in [0, 0.1) is 0 Å². The largest absolute Gasteiger partial charge is 0.573 e. The van der Waals surface area contributed by atoms with Crippen molar-refractivity contribution < 1.29 is 36.9 Å². The number of ether oxygens (including phenoxy) is 2. The Labute approximate surface area is 111 Å². The van der Waals surface area contributed by atoms with Crippen molar-refractivity contribution in [3.05, 3.63) is 17.5 Å². The van der Waals surface area contributed by atoms with Crippen LogP contribution in [0.4, 0.5) is 17.6 Å². The average molecular weight is 297 g/mol. The molecule has 0 radical (unpaired) electrons. The summed E-state index contributed by atoms with van der Waals surface area (Å²) in [5.41, 5.74) is -0.954. The van der Waals surface area contributed by atoms with Gasteiger partial charge >= 0.3 is 12.3 Å². The number of pyridine rings is 1. The Morgan fingerprint density at radius 2 is 2.05 bits per heavy atom. The number of rotatable bonds is 5. The summed E-state index contributed by atoms with van der Waals surface area (Å²) in [6, 6.07) is 0.559. The highest BCUT2D eigenvalue weighted by Crippen LogP contribution is 2.31. The van der Waals surface area contributed by atoms with Gasteiger partial charge in [0.2, 0.25) is 0 Å². The van der Waals surface area contributed by atoms with E-state index in [1.165, 1.54) is 6.92 Å². The van der Waals surface area contributed by atoms with Gasteiger partial charge in [0.25, 0.3) is 0 Å². The van der Waals surface area contributed by atoms with Crippen LogP contribution in [-0.2, 0) is 22.6 Å². The number of halogens is 4. The fraction of sp³-hybridized carbons (Fsp3) is 0.455. The van der Waals surface area contributed by atoms with Crippen molar-refractivity contribution in [1.82, 2.24) is 4.98 Å². The van der Waals surface area contributed by atoms with Crippen molar-refractivity contribution in [2.45, 2.75) is 26.4 Å². The molecule has 1 aromatic heterocycles. The van der Waals surface area contributed by atoms with Crippen molar-refractivity contribution in [2.75, 3.05) is 6.61 Å². The minimum absolute atomic E-state index is 0.0301. The van der Waals surface area contributed by atoms with Gasteiger partial charge in [-0.2, -0.15) is 0 Å². The maximum atomic E-state index is 12.5. The zero-order chi connectivity index (χ0) is 15.3. The van der Waals surface area contributed by atoms with E-state index in [9.17, 15) is 27.5 Å². The van der Waals surface area contributed by atoms with Crippen LogP contribution in [0.2, 0.25) is 0 Å². The normalized spacial score (nSPS) is 11.2. The van der Waals surface area contributed by atoms with Crippen LogP contribution in [0.5, 0.6) is 11.5 Å². The molecule has 0 aliphatic heterocycles. The SMILES string of the molecule is CCOC(=O)Cc1nc(CF)c(O)cc1OC(F)(F)F. The molecule has 0 atom stereocenters. The van der Waals surface area contributed by atoms with Crippen LogP contribution in [0.15, 0.2) is 6.07 Å². The van der Waals surface area contributed by atoms with Crippen molar-refractivity contribution in [3.8, 4) is 11.5 Å². The topological polar surface area (TPSA) is 68.7 Å². The van der Waals surface area contributed by atoms with Gasteiger partial charge in [0, 0.05) is 6.07 Å². The third-order valence-electron chi connectivity index (χ3n) is 2.09. The molecule has 112 valence electrons. The Morgan fingerprint density at radius 1 is 1.40 bits per heavy atom. The first-order valence-electron chi connectivity index (χ1n) is 5.46. The number of aromatic nitrogens is 1. The molecule has 1 aromatic rings. The standard InChI is InChI=1S/C11H11F4NO4/c1-2-19-10(18)3-6-9(20-11(13,14)15)4-8(17)7(5-12)16-6/h4,17H,2-3,5H2,1H3. The second-order valence-corrected chi connectivity index (χ2v) is 3.56. The van der Waals surface area contributed by atoms with Crippen LogP contribution >= 0.6 is 0 Å². The molecule has 0 amide bonds. The van der Waals surface area contributed by atoms with Crippen molar-refractivity contribution in [1.29, 1.82) is 0 Å². The average Bonchev–Trinajstić information content (AvgIpc) is 2.30. The van der Waals surface area contributed by atoms with Crippen molar-refractivity contribution in [2.24, 2.45) is 0 Å². The summed E-state index contributed by atoms with van der Waals surface area (Å²) in [5, 5.41) is 9.28. The second-order valence-electron chi connectivity index (χ2n) is 3.56. The summed E-state index contributed by atoms with van der Waals surface area (Å²) in [6.07, 6.45) is -5.67. The molecule has 20 heavy (non-hydrogen) atoms. The molecule has 0 fully saturated rings. The van der Waals surface area contributed by atoms with Gasteiger partial charge < -0.3 is 14.6 Å². The van der Waals surface area contributed by atoms with E-state index >= 15 is 0 Å². The molecule has 0 aromatic carbocycles. The first-order valence-corrected chi connectivity index (χ1v) is 5.46. The quantitative estimate of drug-likeness (QED) is 0.667. The molecule has 0 spiro atoms. The molecule has 0 saturated carbocycles. The first-order chi connectivity index (χ1) is 9.26. The minimum Gasteiger partial charge on any atom is -0.506 e. The third kappa shape index (κ3) is 4.56. The molecule has 1 N–H and O–H groups in total. The number of aromatic hydroxyl groups is 1. The minimum atomic E-state index is -5.03. The smallest absolute Gasteiger partial charge is 0.506 e. The van der Waals surface area contributed by atoms with Crippen molar-refractivity contribution >= 4 is 5.97 Å². The summed E-state index contributed by atoms with van der Waals surface area (Å²) in [4.78, 5) is 14.7. The van der Waals surface area contributed by atoms with Gasteiger partial charge in [0.05, 0.1) is 18.7 Å². The molecule has 0 bridgehead atoms. The zero-order valence-corrected chi connectivity index (χ0v) is 10.3. The summed E-state index contributed by atoms with van der Waals surface area (Å²) in [6.45, 7) is 0.346. The molecular formula is C11H11F4NO4. The number of carbonyl (C=O) groups excluding carboxylic acids is 1. The number of hydrogen-bond donors (Lipinski definition) is 1. The first kappa shape index (κ1) is 16.0. The van der Waals surface area contributed by atoms with E-state index in [1.807, 2.05) is 0 Å². The fourth-order valence-electron chi connectivity index (χ4n) is 1.35. The van der Waals surface area contributed by atoms with E-state index in [2.05, 4.69) is 14.5 Å². The molecule has 0 saturated heterocycles. The lowest BCUT2D eigenvalue weighted by molar-refractivity contribution is -0.275. The van der Waals surface area contributed by atoms with Crippen LogP contribution < -0.4 is 4.74 Å². The molecule has 0 aliphatic carbocycles. The highest BCUT2D eigenvalue weighted by Gasteiger charge is 2.33. The Hall–Kier alpha value is -2.06. The Bertz CT molecular complexity index is 490. The summed E-state index contributed by atoms with van der Waals surface area (Å²) in [5.74, 6) is -2.51. The molecule has 0 unspecified atom stereocenters. The number of carbonyl (C=O) groups is 1. The van der Waals surface area contributed by atoms with Gasteiger partial charge in [0.15, 0.2) is 5.75 Å². The van der Waals surface area contributed by atoms with E-state index < -0.39 is 48.3 Å². The maximum Gasteiger partial charge on any atom is 0.573 e. The summed E-state index contributed by atoms with van der Waals surface area (Å²) >= 11 is 0. The van der Waals surface area contributed by atoms with Crippen molar-refractivity contribution in [3.63, 3.8) is 0 Å². The molecule has 1 heterocycles. The Morgan fingerprint density at radius 3 is 2.55 bits per heavy atom. The van der Waals surface area contributed by atoms with Crippen LogP contribution in [0.3, 0.4) is 0 Å². The number of nitrogens with zero attached hydrogens (tertiary/aromatic N) is 1. The van der Waals surface area contributed by atoms with Gasteiger partial charge in [-0.25, -0.2) is 9.37 Å². The van der Waals surface area contributed by atoms with Gasteiger partial charge in [-0.3, -0.25) is 4.79 Å². The van der Waals surface area contributed by atoms with E-state index in [4.69, 9.17) is 0 Å². The zero-order valence-electron chi connectivity index (χ0n) is 10.3. The molecule has 9 heteroatoms. The highest BCUT2D eigenvalue weighted by molar-refractivity contribution is 5.73. The Kier molecular flexibility index (Phi) is 5.12. The summed E-state index contributed by atoms with van der Waals surface area (Å²) < 4.78 is 57.3. The predicted octanol–water partition coefficient (Wildman–Crippen LogP) is 2.26. The second kappa shape index (κ2) is 6.40. The number of hydrogen-bond acceptors (Lipinski definition) is 5. The monoisotopic (exact) mass is 297 g/mol. The van der Waals surface area contributed by atoms with Gasteiger partial charge in [-0.15, -0.1) is 13.2 Å². The van der Waals surface area contributed by atoms with E-state index in [-0.39, 0.29) is 6.61 Å². The lowest BCUT2D eigenvalue weighted by atomic mass is 10.2. The lowest BCUT2D eigenvalue weighted by Crippen LogP contribution is -2.20. The van der Waals surface area contributed by atoms with E-state index in [0.717, 1.165) is 0 Å². The molecule has 1 rings (SSSR count). The maximum absolute atomic E-state index is 12.5. The molecule has 5 nitrogen and oxygen atoms in total. The van der Waals surface area contributed by atoms with Crippen LogP contribution in [-0.4, -0.2) is 29.0 Å². The van der Waals surface area contributed by atoms with Crippen LogP contribution in [0.1, 0.15) is 18.3 Å². The number of esters is 1. The molecule has 0 aliphatic rings. The van der Waals surface area contributed by atoms with Crippen LogP contribution in [0.25, 0.3) is 0 Å². The molecular weight excluding hydrogens is 286 g/mol. The lowest BCUT2D eigenvalue weighted by Gasteiger charge is -2.14. The fourth-order valence-corrected chi connectivity index (χ4v) is 1.35. The van der Waals surface area contributed by atoms with E-state index in [0.29, 0.717) is 6.07 Å². The number of alkyl halides is 4. The van der Waals surface area contributed by atoms with Gasteiger partial charge in [-0.1, -0.05) is 0 Å². The van der Waals surface area contributed by atoms with Gasteiger partial charge in [0.1, 0.15) is 18.1 Å². The van der Waals surface area contributed by atoms with E-state index in [1.54, 1.807) is 0 Å². The highest BCUT2D eigenvalue weighted by atomic mass is 19.4. The summed E-state index contributed by atoms with van der Waals surface area (Å²) in [7, 11) is 0. The van der Waals surface area contributed by atoms with Gasteiger partial charge in [-0.05, 0) is 6.92 Å². The third-order valence-corrected chi connectivity index (χ3v) is 2.09.